The highest BCUT2D eigenvalue weighted by Crippen LogP contribution is 2.28. The van der Waals surface area contributed by atoms with Crippen molar-refractivity contribution in [3.05, 3.63) is 29.3 Å². The van der Waals surface area contributed by atoms with E-state index in [0.717, 1.165) is 25.3 Å². The van der Waals surface area contributed by atoms with Crippen molar-refractivity contribution in [2.75, 3.05) is 19.8 Å². The lowest BCUT2D eigenvalue weighted by Gasteiger charge is -2.39. The molecule has 2 heterocycles. The Hall–Kier alpha value is -1.28. The van der Waals surface area contributed by atoms with Crippen molar-refractivity contribution < 1.29 is 19.5 Å². The van der Waals surface area contributed by atoms with Crippen molar-refractivity contribution in [1.29, 1.82) is 0 Å². The Morgan fingerprint density at radius 2 is 2.14 bits per heavy atom. The average molecular weight is 312 g/mol. The Bertz CT molecular complexity index is 522. The summed E-state index contributed by atoms with van der Waals surface area (Å²) in [6.45, 7) is 5.03. The van der Waals surface area contributed by atoms with Crippen LogP contribution in [0.2, 0.25) is 0 Å². The lowest BCUT2D eigenvalue weighted by Crippen LogP contribution is -2.52. The molecule has 1 fully saturated rings. The van der Waals surface area contributed by atoms with Gasteiger partial charge in [0.2, 0.25) is 0 Å². The van der Waals surface area contributed by atoms with Crippen LogP contribution in [-0.2, 0) is 11.3 Å². The largest absolute Gasteiger partial charge is 0.492 e. The maximum absolute atomic E-state index is 11.4. The smallest absolute Gasteiger partial charge is 0.274 e. The zero-order valence-electron chi connectivity index (χ0n) is 11.8. The summed E-state index contributed by atoms with van der Waals surface area (Å²) >= 11 is 0. The number of benzene rings is 1. The Morgan fingerprint density at radius 3 is 2.76 bits per heavy atom. The fourth-order valence-electron chi connectivity index (χ4n) is 2.59. The third-order valence-electron chi connectivity index (χ3n) is 3.92. The normalized spacial score (nSPS) is 22.1. The summed E-state index contributed by atoms with van der Waals surface area (Å²) in [5.74, 6) is 0.179. The number of rotatable bonds is 2. The van der Waals surface area contributed by atoms with Crippen molar-refractivity contribution in [2.24, 2.45) is 0 Å². The molecule has 3 rings (SSSR count). The van der Waals surface area contributed by atoms with Gasteiger partial charge in [0, 0.05) is 23.7 Å². The van der Waals surface area contributed by atoms with E-state index in [2.05, 4.69) is 11.8 Å². The standard InChI is InChI=1S/C14H18N2O4.H2S/c1-9-6-20-13-4-10(14(17)15-18)2-3-11(13)5-16(9)12-7-19-8-12;/h2-4,9,12,18H,5-8H2,1H3,(H,15,17);1H2/t9-;/m0./s1. The molecule has 2 N–H and O–H groups in total. The highest BCUT2D eigenvalue weighted by atomic mass is 32.1. The average Bonchev–Trinajstić information content (AvgIpc) is 2.56. The van der Waals surface area contributed by atoms with Gasteiger partial charge in [0.05, 0.1) is 19.3 Å². The summed E-state index contributed by atoms with van der Waals surface area (Å²) in [7, 11) is 0. The van der Waals surface area contributed by atoms with Crippen LogP contribution in [0.3, 0.4) is 0 Å². The Balaban J connectivity index is 0.00000161. The molecule has 0 unspecified atom stereocenters. The van der Waals surface area contributed by atoms with Gasteiger partial charge in [-0.2, -0.15) is 13.5 Å². The zero-order chi connectivity index (χ0) is 14.1. The molecule has 2 aliphatic heterocycles. The highest BCUT2D eigenvalue weighted by Gasteiger charge is 2.32. The third kappa shape index (κ3) is 3.16. The number of hydroxylamine groups is 1. The van der Waals surface area contributed by atoms with E-state index in [-0.39, 0.29) is 13.5 Å². The molecule has 21 heavy (non-hydrogen) atoms. The summed E-state index contributed by atoms with van der Waals surface area (Å²) in [5, 5.41) is 8.68. The molecule has 1 aromatic carbocycles. The van der Waals surface area contributed by atoms with Crippen LogP contribution >= 0.6 is 13.5 Å². The molecule has 1 atom stereocenters. The van der Waals surface area contributed by atoms with Crippen LogP contribution in [-0.4, -0.2) is 47.9 Å². The quantitative estimate of drug-likeness (QED) is 0.627. The number of carbonyl (C=O) groups excluding carboxylic acids is 1. The molecular formula is C14H20N2O4S. The number of carbonyl (C=O) groups is 1. The third-order valence-corrected chi connectivity index (χ3v) is 3.92. The molecule has 0 saturated carbocycles. The first-order valence-electron chi connectivity index (χ1n) is 6.72. The molecule has 116 valence electrons. The lowest BCUT2D eigenvalue weighted by molar-refractivity contribution is -0.0825. The zero-order valence-corrected chi connectivity index (χ0v) is 12.8. The molecule has 7 heteroatoms. The van der Waals surface area contributed by atoms with E-state index in [4.69, 9.17) is 14.7 Å². The highest BCUT2D eigenvalue weighted by molar-refractivity contribution is 7.59. The predicted molar refractivity (Wildman–Crippen MR) is 81.2 cm³/mol. The van der Waals surface area contributed by atoms with Crippen LogP contribution in [0.25, 0.3) is 0 Å². The van der Waals surface area contributed by atoms with Crippen LogP contribution in [0.5, 0.6) is 5.75 Å². The van der Waals surface area contributed by atoms with Gasteiger partial charge >= 0.3 is 0 Å². The molecule has 1 saturated heterocycles. The van der Waals surface area contributed by atoms with Crippen LogP contribution in [0.1, 0.15) is 22.8 Å². The van der Waals surface area contributed by atoms with E-state index >= 15 is 0 Å². The number of hydrogen-bond acceptors (Lipinski definition) is 5. The summed E-state index contributed by atoms with van der Waals surface area (Å²) in [4.78, 5) is 13.8. The van der Waals surface area contributed by atoms with Gasteiger partial charge in [-0.25, -0.2) is 5.48 Å². The summed E-state index contributed by atoms with van der Waals surface area (Å²) in [6.07, 6.45) is 0. The van der Waals surface area contributed by atoms with E-state index in [1.165, 1.54) is 0 Å². The number of hydrogen-bond donors (Lipinski definition) is 2. The predicted octanol–water partition coefficient (Wildman–Crippen LogP) is 0.900. The molecular weight excluding hydrogens is 292 g/mol. The van der Waals surface area contributed by atoms with Crippen molar-refractivity contribution in [3.63, 3.8) is 0 Å². The lowest BCUT2D eigenvalue weighted by atomic mass is 10.1. The fraction of sp³-hybridized carbons (Fsp3) is 0.500. The minimum atomic E-state index is -0.530. The number of nitrogens with zero attached hydrogens (tertiary/aromatic N) is 1. The van der Waals surface area contributed by atoms with Crippen LogP contribution in [0.4, 0.5) is 0 Å². The topological polar surface area (TPSA) is 71.0 Å². The summed E-state index contributed by atoms with van der Waals surface area (Å²) < 4.78 is 11.1. The number of nitrogens with one attached hydrogen (secondary N) is 1. The molecule has 2 aliphatic rings. The van der Waals surface area contributed by atoms with Gasteiger partial charge in [0.1, 0.15) is 12.4 Å². The van der Waals surface area contributed by atoms with Gasteiger partial charge in [-0.05, 0) is 19.1 Å². The minimum absolute atomic E-state index is 0. The van der Waals surface area contributed by atoms with E-state index in [0.29, 0.717) is 30.0 Å². The molecule has 0 spiro atoms. The van der Waals surface area contributed by atoms with Crippen molar-refractivity contribution in [2.45, 2.75) is 25.6 Å². The second kappa shape index (κ2) is 6.65. The number of amides is 1. The van der Waals surface area contributed by atoms with E-state index in [1.807, 2.05) is 6.07 Å². The summed E-state index contributed by atoms with van der Waals surface area (Å²) in [5.41, 5.74) is 3.08. The maximum Gasteiger partial charge on any atom is 0.274 e. The Morgan fingerprint density at radius 1 is 1.38 bits per heavy atom. The van der Waals surface area contributed by atoms with Gasteiger partial charge in [-0.3, -0.25) is 14.9 Å². The second-order valence-electron chi connectivity index (χ2n) is 5.29. The van der Waals surface area contributed by atoms with Gasteiger partial charge in [0.15, 0.2) is 0 Å². The summed E-state index contributed by atoms with van der Waals surface area (Å²) in [6, 6.07) is 5.99. The molecule has 6 nitrogen and oxygen atoms in total. The van der Waals surface area contributed by atoms with Gasteiger partial charge < -0.3 is 9.47 Å². The van der Waals surface area contributed by atoms with Crippen molar-refractivity contribution in [3.8, 4) is 5.75 Å². The second-order valence-corrected chi connectivity index (χ2v) is 5.29. The monoisotopic (exact) mass is 312 g/mol. The van der Waals surface area contributed by atoms with Crippen LogP contribution in [0.15, 0.2) is 18.2 Å². The van der Waals surface area contributed by atoms with Crippen LogP contribution < -0.4 is 10.2 Å². The van der Waals surface area contributed by atoms with Gasteiger partial charge in [-0.15, -0.1) is 0 Å². The minimum Gasteiger partial charge on any atom is -0.492 e. The molecule has 0 bridgehead atoms. The Labute approximate surface area is 130 Å². The maximum atomic E-state index is 11.4. The molecule has 0 radical (unpaired) electrons. The number of ether oxygens (including phenoxy) is 2. The molecule has 1 aromatic rings. The van der Waals surface area contributed by atoms with Gasteiger partial charge in [0.25, 0.3) is 5.91 Å². The van der Waals surface area contributed by atoms with E-state index in [1.54, 1.807) is 17.6 Å². The van der Waals surface area contributed by atoms with Crippen LogP contribution in [0, 0.1) is 0 Å². The first kappa shape index (κ1) is 16.1. The molecule has 0 aromatic heterocycles. The van der Waals surface area contributed by atoms with Crippen molar-refractivity contribution in [1.82, 2.24) is 10.4 Å². The molecule has 1 amide bonds. The first-order chi connectivity index (χ1) is 9.69. The fourth-order valence-corrected chi connectivity index (χ4v) is 2.59. The van der Waals surface area contributed by atoms with E-state index < -0.39 is 5.91 Å². The first-order valence-corrected chi connectivity index (χ1v) is 6.72. The number of fused-ring (bicyclic) bond motifs is 1. The van der Waals surface area contributed by atoms with Gasteiger partial charge in [-0.1, -0.05) is 6.07 Å². The van der Waals surface area contributed by atoms with E-state index in [9.17, 15) is 4.79 Å². The Kier molecular flexibility index (Phi) is 5.10. The van der Waals surface area contributed by atoms with Crippen molar-refractivity contribution >= 4 is 19.4 Å². The SMILES string of the molecule is C[C@H]1COc2cc(C(=O)NO)ccc2CN1C1COC1.S. The molecule has 0 aliphatic carbocycles.